The first-order valence-corrected chi connectivity index (χ1v) is 7.62. The highest BCUT2D eigenvalue weighted by molar-refractivity contribution is 6.06. The summed E-state index contributed by atoms with van der Waals surface area (Å²) in [4.78, 5) is 15.9. The number of benzene rings is 1. The molecule has 0 radical (unpaired) electrons. The molecular formula is C20H17NO3. The number of rotatable bonds is 6. The Labute approximate surface area is 140 Å². The average molecular weight is 319 g/mol. The minimum Gasteiger partial charge on any atom is -0.485 e. The molecule has 0 amide bonds. The Morgan fingerprint density at radius 3 is 2.83 bits per heavy atom. The molecule has 120 valence electrons. The minimum absolute atomic E-state index is 0.114. The second-order valence-corrected chi connectivity index (χ2v) is 5.30. The second-order valence-electron chi connectivity index (χ2n) is 5.30. The summed E-state index contributed by atoms with van der Waals surface area (Å²) >= 11 is 0. The fraction of sp³-hybridized carbons (Fsp3) is 0.100. The summed E-state index contributed by atoms with van der Waals surface area (Å²) in [5, 5.41) is 0. The monoisotopic (exact) mass is 319 g/mol. The van der Waals surface area contributed by atoms with Gasteiger partial charge in [0.1, 0.15) is 23.9 Å². The predicted molar refractivity (Wildman–Crippen MR) is 91.8 cm³/mol. The highest BCUT2D eigenvalue weighted by Gasteiger charge is 2.04. The lowest BCUT2D eigenvalue weighted by atomic mass is 10.2. The molecule has 0 aliphatic rings. The molecule has 0 aliphatic heterocycles. The first-order valence-electron chi connectivity index (χ1n) is 7.62. The van der Waals surface area contributed by atoms with Crippen LogP contribution in [0.4, 0.5) is 0 Å². The molecule has 0 fully saturated rings. The smallest absolute Gasteiger partial charge is 0.187 e. The van der Waals surface area contributed by atoms with Crippen molar-refractivity contribution in [1.29, 1.82) is 0 Å². The van der Waals surface area contributed by atoms with Gasteiger partial charge in [0.25, 0.3) is 0 Å². The maximum atomic E-state index is 12.0. The number of allylic oxidation sites excluding steroid dienone is 1. The van der Waals surface area contributed by atoms with Crippen molar-refractivity contribution in [1.82, 2.24) is 4.98 Å². The zero-order chi connectivity index (χ0) is 16.8. The fourth-order valence-electron chi connectivity index (χ4n) is 2.19. The molecular weight excluding hydrogens is 302 g/mol. The van der Waals surface area contributed by atoms with Crippen LogP contribution in [0.2, 0.25) is 0 Å². The molecule has 4 heteroatoms. The normalized spacial score (nSPS) is 10.9. The van der Waals surface area contributed by atoms with Crippen LogP contribution < -0.4 is 4.74 Å². The van der Waals surface area contributed by atoms with Gasteiger partial charge < -0.3 is 9.15 Å². The van der Waals surface area contributed by atoms with E-state index in [-0.39, 0.29) is 5.78 Å². The van der Waals surface area contributed by atoms with Crippen molar-refractivity contribution in [3.8, 4) is 5.75 Å². The van der Waals surface area contributed by atoms with Crippen molar-refractivity contribution < 1.29 is 13.9 Å². The third-order valence-electron chi connectivity index (χ3n) is 3.49. The van der Waals surface area contributed by atoms with E-state index in [0.717, 1.165) is 11.3 Å². The first kappa shape index (κ1) is 15.7. The van der Waals surface area contributed by atoms with E-state index in [9.17, 15) is 4.79 Å². The highest BCUT2D eigenvalue weighted by atomic mass is 16.5. The number of hydrogen-bond donors (Lipinski definition) is 0. The molecule has 3 aromatic rings. The van der Waals surface area contributed by atoms with Gasteiger partial charge in [-0.1, -0.05) is 18.2 Å². The van der Waals surface area contributed by atoms with E-state index >= 15 is 0 Å². The number of aryl methyl sites for hydroxylation is 1. The third-order valence-corrected chi connectivity index (χ3v) is 3.49. The Morgan fingerprint density at radius 2 is 2.04 bits per heavy atom. The van der Waals surface area contributed by atoms with Gasteiger partial charge in [0.15, 0.2) is 5.78 Å². The largest absolute Gasteiger partial charge is 0.485 e. The molecule has 2 heterocycles. The number of hydrogen-bond acceptors (Lipinski definition) is 4. The zero-order valence-electron chi connectivity index (χ0n) is 13.3. The van der Waals surface area contributed by atoms with Crippen molar-refractivity contribution in [3.63, 3.8) is 0 Å². The molecule has 0 bridgehead atoms. The van der Waals surface area contributed by atoms with E-state index in [1.807, 2.05) is 43.3 Å². The number of carbonyl (C=O) groups is 1. The maximum Gasteiger partial charge on any atom is 0.187 e. The molecule has 0 saturated heterocycles. The quantitative estimate of drug-likeness (QED) is 0.497. The molecule has 3 rings (SSSR count). The SMILES string of the molecule is Cc1ccccc1OCc1ccc(/C=C/C(=O)c2cccnc2)o1. The fourth-order valence-corrected chi connectivity index (χ4v) is 2.19. The van der Waals surface area contributed by atoms with Crippen LogP contribution in [0.5, 0.6) is 5.75 Å². The lowest BCUT2D eigenvalue weighted by Crippen LogP contribution is -1.95. The van der Waals surface area contributed by atoms with Crippen LogP contribution in [0.25, 0.3) is 6.08 Å². The van der Waals surface area contributed by atoms with Crippen LogP contribution in [-0.4, -0.2) is 10.8 Å². The van der Waals surface area contributed by atoms with Gasteiger partial charge in [-0.2, -0.15) is 0 Å². The molecule has 1 aromatic carbocycles. The van der Waals surface area contributed by atoms with Gasteiger partial charge >= 0.3 is 0 Å². The lowest BCUT2D eigenvalue weighted by molar-refractivity contribution is 0.104. The van der Waals surface area contributed by atoms with Crippen molar-refractivity contribution in [2.45, 2.75) is 13.5 Å². The number of ketones is 1. The minimum atomic E-state index is -0.114. The summed E-state index contributed by atoms with van der Waals surface area (Å²) in [6, 6.07) is 14.9. The summed E-state index contributed by atoms with van der Waals surface area (Å²) in [5.41, 5.74) is 1.62. The number of furan rings is 1. The Balaban J connectivity index is 1.60. The zero-order valence-corrected chi connectivity index (χ0v) is 13.3. The molecule has 0 spiro atoms. The van der Waals surface area contributed by atoms with E-state index in [4.69, 9.17) is 9.15 Å². The number of para-hydroxylation sites is 1. The first-order chi connectivity index (χ1) is 11.7. The lowest BCUT2D eigenvalue weighted by Gasteiger charge is -2.06. The van der Waals surface area contributed by atoms with Crippen molar-refractivity contribution in [3.05, 3.63) is 89.6 Å². The molecule has 4 nitrogen and oxygen atoms in total. The summed E-state index contributed by atoms with van der Waals surface area (Å²) < 4.78 is 11.4. The summed E-state index contributed by atoms with van der Waals surface area (Å²) in [5.74, 6) is 2.03. The summed E-state index contributed by atoms with van der Waals surface area (Å²) in [7, 11) is 0. The van der Waals surface area contributed by atoms with Crippen LogP contribution in [0, 0.1) is 6.92 Å². The van der Waals surface area contributed by atoms with Crippen LogP contribution in [0.3, 0.4) is 0 Å². The number of ether oxygens (including phenoxy) is 1. The van der Waals surface area contributed by atoms with Gasteiger partial charge in [0.2, 0.25) is 0 Å². The molecule has 0 N–H and O–H groups in total. The van der Waals surface area contributed by atoms with E-state index in [0.29, 0.717) is 23.7 Å². The van der Waals surface area contributed by atoms with E-state index in [2.05, 4.69) is 4.98 Å². The Morgan fingerprint density at radius 1 is 1.17 bits per heavy atom. The third kappa shape index (κ3) is 3.98. The van der Waals surface area contributed by atoms with Gasteiger partial charge in [-0.25, -0.2) is 0 Å². The number of pyridine rings is 1. The molecule has 0 unspecified atom stereocenters. The van der Waals surface area contributed by atoms with Crippen LogP contribution in [-0.2, 0) is 6.61 Å². The topological polar surface area (TPSA) is 52.3 Å². The molecule has 0 aliphatic carbocycles. The average Bonchev–Trinajstić information content (AvgIpc) is 3.08. The molecule has 0 atom stereocenters. The summed E-state index contributed by atoms with van der Waals surface area (Å²) in [6.45, 7) is 2.34. The van der Waals surface area contributed by atoms with Crippen molar-refractivity contribution in [2.75, 3.05) is 0 Å². The van der Waals surface area contributed by atoms with Gasteiger partial charge in [0.05, 0.1) is 0 Å². The molecule has 24 heavy (non-hydrogen) atoms. The Kier molecular flexibility index (Phi) is 4.87. The van der Waals surface area contributed by atoms with Gasteiger partial charge in [-0.15, -0.1) is 0 Å². The van der Waals surface area contributed by atoms with Crippen LogP contribution in [0.15, 0.2) is 71.4 Å². The van der Waals surface area contributed by atoms with Crippen LogP contribution in [0.1, 0.15) is 27.4 Å². The number of carbonyl (C=O) groups excluding carboxylic acids is 1. The van der Waals surface area contributed by atoms with Gasteiger partial charge in [-0.3, -0.25) is 9.78 Å². The maximum absolute atomic E-state index is 12.0. The van der Waals surface area contributed by atoms with E-state index < -0.39 is 0 Å². The predicted octanol–water partition coefficient (Wildman–Crippen LogP) is 4.46. The van der Waals surface area contributed by atoms with Crippen molar-refractivity contribution in [2.24, 2.45) is 0 Å². The Hall–Kier alpha value is -3.14. The van der Waals surface area contributed by atoms with Crippen molar-refractivity contribution >= 4 is 11.9 Å². The van der Waals surface area contributed by atoms with Gasteiger partial charge in [0, 0.05) is 18.0 Å². The standard InChI is InChI=1S/C20H17NO3/c1-15-5-2-3-7-20(15)23-14-18-9-8-17(24-18)10-11-19(22)16-6-4-12-21-13-16/h2-13H,14H2,1H3/b11-10+. The van der Waals surface area contributed by atoms with E-state index in [1.165, 1.54) is 12.3 Å². The van der Waals surface area contributed by atoms with Crippen LogP contribution >= 0.6 is 0 Å². The molecule has 2 aromatic heterocycles. The highest BCUT2D eigenvalue weighted by Crippen LogP contribution is 2.19. The molecule has 0 saturated carbocycles. The Bertz CT molecular complexity index is 850. The van der Waals surface area contributed by atoms with E-state index in [1.54, 1.807) is 24.4 Å². The summed E-state index contributed by atoms with van der Waals surface area (Å²) in [6.07, 6.45) is 6.29. The number of nitrogens with zero attached hydrogens (tertiary/aromatic N) is 1. The second kappa shape index (κ2) is 7.42. The van der Waals surface area contributed by atoms with Gasteiger partial charge in [-0.05, 0) is 55.0 Å². The number of aromatic nitrogens is 1.